The Hall–Kier alpha value is -0.330. The van der Waals surface area contributed by atoms with Crippen molar-refractivity contribution in [2.45, 2.75) is 58.8 Å². The standard InChI is InChI=1S/C12H20O/c1-11(2)7-10(13)8-12(9-11)5-3-4-6-12/h3-9H2,1-2H3. The summed E-state index contributed by atoms with van der Waals surface area (Å²) in [7, 11) is 0. The Bertz CT molecular complexity index is 221. The molecule has 2 fully saturated rings. The molecule has 1 heteroatoms. The van der Waals surface area contributed by atoms with E-state index >= 15 is 0 Å². The van der Waals surface area contributed by atoms with Gasteiger partial charge in [-0.1, -0.05) is 26.7 Å². The van der Waals surface area contributed by atoms with Crippen LogP contribution in [-0.2, 0) is 4.79 Å². The van der Waals surface area contributed by atoms with E-state index in [4.69, 9.17) is 0 Å². The van der Waals surface area contributed by atoms with Gasteiger partial charge in [0.1, 0.15) is 5.78 Å². The molecule has 0 radical (unpaired) electrons. The van der Waals surface area contributed by atoms with Gasteiger partial charge in [-0.25, -0.2) is 0 Å². The average molecular weight is 180 g/mol. The zero-order valence-corrected chi connectivity index (χ0v) is 8.86. The van der Waals surface area contributed by atoms with E-state index in [0.717, 1.165) is 12.8 Å². The molecule has 0 atom stereocenters. The van der Waals surface area contributed by atoms with Gasteiger partial charge in [-0.3, -0.25) is 4.79 Å². The number of carbonyl (C=O) groups excluding carboxylic acids is 1. The van der Waals surface area contributed by atoms with E-state index in [2.05, 4.69) is 13.8 Å². The van der Waals surface area contributed by atoms with Crippen LogP contribution < -0.4 is 0 Å². The molecular weight excluding hydrogens is 160 g/mol. The highest BCUT2D eigenvalue weighted by Gasteiger charge is 2.44. The maximum atomic E-state index is 11.6. The monoisotopic (exact) mass is 180 g/mol. The van der Waals surface area contributed by atoms with E-state index in [0.29, 0.717) is 11.2 Å². The highest BCUT2D eigenvalue weighted by atomic mass is 16.1. The number of hydrogen-bond acceptors (Lipinski definition) is 1. The third kappa shape index (κ3) is 1.79. The van der Waals surface area contributed by atoms with Gasteiger partial charge in [0, 0.05) is 12.8 Å². The summed E-state index contributed by atoms with van der Waals surface area (Å²) in [6.45, 7) is 4.51. The number of rotatable bonds is 0. The maximum Gasteiger partial charge on any atom is 0.133 e. The number of carbonyl (C=O) groups is 1. The van der Waals surface area contributed by atoms with Crippen LogP contribution in [0.1, 0.15) is 58.8 Å². The number of hydrogen-bond donors (Lipinski definition) is 0. The van der Waals surface area contributed by atoms with Crippen LogP contribution in [0, 0.1) is 10.8 Å². The second kappa shape index (κ2) is 2.83. The number of ketones is 1. The smallest absolute Gasteiger partial charge is 0.133 e. The van der Waals surface area contributed by atoms with Crippen molar-refractivity contribution in [2.75, 3.05) is 0 Å². The third-order valence-corrected chi connectivity index (χ3v) is 3.77. The molecule has 0 amide bonds. The highest BCUT2D eigenvalue weighted by molar-refractivity contribution is 5.80. The molecule has 0 aliphatic heterocycles. The zero-order chi connectivity index (χ0) is 9.53. The van der Waals surface area contributed by atoms with Gasteiger partial charge in [-0.2, -0.15) is 0 Å². The van der Waals surface area contributed by atoms with Crippen LogP contribution in [0.5, 0.6) is 0 Å². The maximum absolute atomic E-state index is 11.6. The van der Waals surface area contributed by atoms with Crippen LogP contribution in [0.4, 0.5) is 0 Å². The fourth-order valence-corrected chi connectivity index (χ4v) is 3.63. The zero-order valence-electron chi connectivity index (χ0n) is 8.86. The van der Waals surface area contributed by atoms with Crippen LogP contribution in [-0.4, -0.2) is 5.78 Å². The Kier molecular flexibility index (Phi) is 2.01. The Labute approximate surface area is 80.9 Å². The summed E-state index contributed by atoms with van der Waals surface area (Å²) in [5.74, 6) is 0.512. The van der Waals surface area contributed by atoms with E-state index in [-0.39, 0.29) is 5.41 Å². The lowest BCUT2D eigenvalue weighted by Crippen LogP contribution is -2.36. The SMILES string of the molecule is CC1(C)CC(=O)CC2(CCCC2)C1. The fraction of sp³-hybridized carbons (Fsp3) is 0.917. The van der Waals surface area contributed by atoms with Gasteiger partial charge in [0.15, 0.2) is 0 Å². The summed E-state index contributed by atoms with van der Waals surface area (Å²) in [5.41, 5.74) is 0.707. The molecule has 0 unspecified atom stereocenters. The van der Waals surface area contributed by atoms with E-state index in [1.807, 2.05) is 0 Å². The molecule has 2 aliphatic carbocycles. The van der Waals surface area contributed by atoms with Gasteiger partial charge in [-0.15, -0.1) is 0 Å². The van der Waals surface area contributed by atoms with Crippen LogP contribution in [0.15, 0.2) is 0 Å². The van der Waals surface area contributed by atoms with E-state index in [1.54, 1.807) is 0 Å². The molecule has 0 bridgehead atoms. The molecule has 0 saturated heterocycles. The minimum Gasteiger partial charge on any atom is -0.300 e. The van der Waals surface area contributed by atoms with Gasteiger partial charge in [0.2, 0.25) is 0 Å². The van der Waals surface area contributed by atoms with Crippen molar-refractivity contribution in [1.29, 1.82) is 0 Å². The third-order valence-electron chi connectivity index (χ3n) is 3.77. The Morgan fingerprint density at radius 1 is 1.08 bits per heavy atom. The second-order valence-corrected chi connectivity index (χ2v) is 5.94. The van der Waals surface area contributed by atoms with Crippen molar-refractivity contribution in [3.8, 4) is 0 Å². The molecule has 2 saturated carbocycles. The predicted molar refractivity (Wildman–Crippen MR) is 53.5 cm³/mol. The highest BCUT2D eigenvalue weighted by Crippen LogP contribution is 2.53. The van der Waals surface area contributed by atoms with Crippen molar-refractivity contribution >= 4 is 5.78 Å². The average Bonchev–Trinajstić information content (AvgIpc) is 2.31. The molecule has 13 heavy (non-hydrogen) atoms. The summed E-state index contributed by atoms with van der Waals surface area (Å²) in [6, 6.07) is 0. The normalized spacial score (nSPS) is 31.1. The summed E-state index contributed by atoms with van der Waals surface area (Å²) in [6.07, 6.45) is 8.30. The first-order valence-corrected chi connectivity index (χ1v) is 5.53. The van der Waals surface area contributed by atoms with Crippen LogP contribution >= 0.6 is 0 Å². The Morgan fingerprint density at radius 2 is 1.69 bits per heavy atom. The first kappa shape index (κ1) is 9.23. The second-order valence-electron chi connectivity index (χ2n) is 5.94. The van der Waals surface area contributed by atoms with E-state index < -0.39 is 0 Å². The van der Waals surface area contributed by atoms with Crippen molar-refractivity contribution in [1.82, 2.24) is 0 Å². The topological polar surface area (TPSA) is 17.1 Å². The Morgan fingerprint density at radius 3 is 2.23 bits per heavy atom. The largest absolute Gasteiger partial charge is 0.300 e. The molecule has 2 rings (SSSR count). The first-order valence-electron chi connectivity index (χ1n) is 5.53. The van der Waals surface area contributed by atoms with Crippen LogP contribution in [0.25, 0.3) is 0 Å². The van der Waals surface area contributed by atoms with Gasteiger partial charge in [-0.05, 0) is 30.1 Å². The molecular formula is C12H20O. The molecule has 0 aromatic rings. The Balaban J connectivity index is 2.17. The van der Waals surface area contributed by atoms with E-state index in [9.17, 15) is 4.79 Å². The van der Waals surface area contributed by atoms with Crippen molar-refractivity contribution in [3.63, 3.8) is 0 Å². The summed E-state index contributed by atoms with van der Waals surface area (Å²) in [5, 5.41) is 0. The van der Waals surface area contributed by atoms with Crippen LogP contribution in [0.2, 0.25) is 0 Å². The van der Waals surface area contributed by atoms with Gasteiger partial charge in [0.25, 0.3) is 0 Å². The van der Waals surface area contributed by atoms with E-state index in [1.165, 1.54) is 32.1 Å². The fourth-order valence-electron chi connectivity index (χ4n) is 3.63. The van der Waals surface area contributed by atoms with Gasteiger partial charge in [0.05, 0.1) is 0 Å². The summed E-state index contributed by atoms with van der Waals surface area (Å²) in [4.78, 5) is 11.6. The van der Waals surface area contributed by atoms with Gasteiger partial charge >= 0.3 is 0 Å². The quantitative estimate of drug-likeness (QED) is 0.559. The number of Topliss-reactive ketones (excluding diaryl/α,β-unsaturated/α-hetero) is 1. The van der Waals surface area contributed by atoms with Crippen molar-refractivity contribution in [2.24, 2.45) is 10.8 Å². The molecule has 1 spiro atoms. The van der Waals surface area contributed by atoms with Crippen LogP contribution in [0.3, 0.4) is 0 Å². The minimum absolute atomic E-state index is 0.277. The van der Waals surface area contributed by atoms with Crippen molar-refractivity contribution < 1.29 is 4.79 Å². The lowest BCUT2D eigenvalue weighted by atomic mass is 9.62. The molecule has 0 aromatic heterocycles. The lowest BCUT2D eigenvalue weighted by molar-refractivity contribution is -0.128. The van der Waals surface area contributed by atoms with Crippen molar-refractivity contribution in [3.05, 3.63) is 0 Å². The lowest BCUT2D eigenvalue weighted by Gasteiger charge is -2.41. The summed E-state index contributed by atoms with van der Waals surface area (Å²) < 4.78 is 0. The summed E-state index contributed by atoms with van der Waals surface area (Å²) >= 11 is 0. The molecule has 1 nitrogen and oxygen atoms in total. The molecule has 74 valence electrons. The predicted octanol–water partition coefficient (Wildman–Crippen LogP) is 3.33. The van der Waals surface area contributed by atoms with Gasteiger partial charge < -0.3 is 0 Å². The molecule has 0 heterocycles. The molecule has 2 aliphatic rings. The minimum atomic E-state index is 0.277. The molecule has 0 aromatic carbocycles. The molecule has 0 N–H and O–H groups in total. The first-order chi connectivity index (χ1) is 6.02.